The number of primary amides is 1. The molecule has 0 saturated heterocycles. The van der Waals surface area contributed by atoms with Gasteiger partial charge in [0.05, 0.1) is 29.6 Å². The molecule has 0 radical (unpaired) electrons. The number of nitrogens with one attached hydrogen (secondary N) is 2. The number of hydrogen-bond donors (Lipinski definition) is 3. The zero-order valence-electron chi connectivity index (χ0n) is 16.1. The molecular weight excluding hydrogens is 390 g/mol. The normalized spacial score (nSPS) is 11.1. The van der Waals surface area contributed by atoms with Gasteiger partial charge in [-0.05, 0) is 36.5 Å². The van der Waals surface area contributed by atoms with E-state index >= 15 is 0 Å². The van der Waals surface area contributed by atoms with E-state index in [0.29, 0.717) is 40.4 Å². The number of para-hydroxylation sites is 1. The van der Waals surface area contributed by atoms with Gasteiger partial charge in [0.15, 0.2) is 0 Å². The molecule has 3 rings (SSSR count). The molecule has 0 unspecified atom stereocenters. The number of unbranched alkanes of at least 4 members (excludes halogenated alkanes) is 1. The maximum absolute atomic E-state index is 12.5. The number of carbonyl (C=O) groups excluding carboxylic acids is 2. The van der Waals surface area contributed by atoms with Crippen molar-refractivity contribution in [3.8, 4) is 0 Å². The summed E-state index contributed by atoms with van der Waals surface area (Å²) in [7, 11) is 0. The van der Waals surface area contributed by atoms with Crippen LogP contribution in [0.4, 0.5) is 5.00 Å². The van der Waals surface area contributed by atoms with Gasteiger partial charge in [-0.25, -0.2) is 4.98 Å². The zero-order chi connectivity index (χ0) is 20.8. The lowest BCUT2D eigenvalue weighted by molar-refractivity contribution is -0.117. The van der Waals surface area contributed by atoms with Crippen LogP contribution in [-0.2, 0) is 11.3 Å². The average molecular weight is 414 g/mol. The molecule has 0 aliphatic heterocycles. The van der Waals surface area contributed by atoms with E-state index in [-0.39, 0.29) is 18.0 Å². The maximum Gasteiger partial charge on any atom is 0.258 e. The minimum atomic E-state index is -0.581. The third kappa shape index (κ3) is 5.27. The van der Waals surface area contributed by atoms with Crippen LogP contribution in [-0.4, -0.2) is 39.8 Å². The molecule has 0 aliphatic carbocycles. The van der Waals surface area contributed by atoms with Gasteiger partial charge < -0.3 is 16.0 Å². The van der Waals surface area contributed by atoms with E-state index in [1.165, 1.54) is 11.3 Å². The number of anilines is 1. The first kappa shape index (κ1) is 20.7. The van der Waals surface area contributed by atoms with Crippen molar-refractivity contribution in [3.63, 3.8) is 0 Å². The van der Waals surface area contributed by atoms with Crippen LogP contribution in [0.15, 0.2) is 40.5 Å². The van der Waals surface area contributed by atoms with Crippen molar-refractivity contribution in [2.75, 3.05) is 18.4 Å². The summed E-state index contributed by atoms with van der Waals surface area (Å²) >= 11 is 1.25. The summed E-state index contributed by atoms with van der Waals surface area (Å²) in [4.78, 5) is 45.5. The van der Waals surface area contributed by atoms with Crippen molar-refractivity contribution < 1.29 is 9.59 Å². The van der Waals surface area contributed by atoms with Crippen molar-refractivity contribution in [1.82, 2.24) is 14.9 Å². The number of hydrogen-bond acceptors (Lipinski definition) is 6. The molecule has 0 atom stereocenters. The number of amides is 2. The van der Waals surface area contributed by atoms with Gasteiger partial charge in [0, 0.05) is 0 Å². The molecule has 0 saturated carbocycles. The Bertz CT molecular complexity index is 1080. The van der Waals surface area contributed by atoms with Crippen LogP contribution in [0.25, 0.3) is 10.9 Å². The number of H-pyrrole nitrogens is 1. The van der Waals surface area contributed by atoms with Gasteiger partial charge in [-0.3, -0.25) is 19.3 Å². The van der Waals surface area contributed by atoms with E-state index in [4.69, 9.17) is 5.73 Å². The number of thiophene rings is 1. The number of nitrogens with zero attached hydrogens (tertiary/aromatic N) is 2. The van der Waals surface area contributed by atoms with Gasteiger partial charge in [0.25, 0.3) is 11.5 Å². The molecule has 3 aromatic rings. The van der Waals surface area contributed by atoms with Crippen molar-refractivity contribution in [3.05, 3.63) is 57.5 Å². The smallest absolute Gasteiger partial charge is 0.258 e. The molecule has 0 aliphatic rings. The zero-order valence-corrected chi connectivity index (χ0v) is 16.9. The summed E-state index contributed by atoms with van der Waals surface area (Å²) in [5, 5.41) is 5.43. The fourth-order valence-corrected chi connectivity index (χ4v) is 3.80. The van der Waals surface area contributed by atoms with Crippen molar-refractivity contribution in [2.24, 2.45) is 5.73 Å². The Hall–Kier alpha value is -3.04. The summed E-state index contributed by atoms with van der Waals surface area (Å²) < 4.78 is 0. The first-order chi connectivity index (χ1) is 14.0. The van der Waals surface area contributed by atoms with E-state index in [9.17, 15) is 14.4 Å². The molecule has 2 heterocycles. The molecule has 2 aromatic heterocycles. The number of benzene rings is 1. The van der Waals surface area contributed by atoms with Gasteiger partial charge in [0.2, 0.25) is 5.91 Å². The van der Waals surface area contributed by atoms with Crippen LogP contribution in [0.1, 0.15) is 35.9 Å². The minimum Gasteiger partial charge on any atom is -0.366 e. The van der Waals surface area contributed by atoms with E-state index in [0.717, 1.165) is 12.8 Å². The van der Waals surface area contributed by atoms with Crippen LogP contribution in [0.5, 0.6) is 0 Å². The molecule has 4 N–H and O–H groups in total. The highest BCUT2D eigenvalue weighted by atomic mass is 32.1. The average Bonchev–Trinajstić information content (AvgIpc) is 3.14. The highest BCUT2D eigenvalue weighted by Crippen LogP contribution is 2.22. The van der Waals surface area contributed by atoms with Crippen LogP contribution >= 0.6 is 11.3 Å². The quantitative estimate of drug-likeness (QED) is 0.497. The van der Waals surface area contributed by atoms with Gasteiger partial charge in [-0.1, -0.05) is 25.5 Å². The maximum atomic E-state index is 12.5. The Kier molecular flexibility index (Phi) is 6.73. The second-order valence-corrected chi connectivity index (χ2v) is 7.59. The number of aromatic amines is 1. The van der Waals surface area contributed by atoms with E-state index in [1.807, 2.05) is 11.0 Å². The highest BCUT2D eigenvalue weighted by Gasteiger charge is 2.16. The molecule has 29 heavy (non-hydrogen) atoms. The fraction of sp³-hybridized carbons (Fsp3) is 0.300. The van der Waals surface area contributed by atoms with Gasteiger partial charge in [-0.2, -0.15) is 0 Å². The fourth-order valence-electron chi connectivity index (χ4n) is 2.99. The Morgan fingerprint density at radius 1 is 1.28 bits per heavy atom. The predicted molar refractivity (Wildman–Crippen MR) is 114 cm³/mol. The summed E-state index contributed by atoms with van der Waals surface area (Å²) in [6, 6.07) is 8.73. The molecule has 0 bridgehead atoms. The second kappa shape index (κ2) is 9.44. The topological polar surface area (TPSA) is 121 Å². The van der Waals surface area contributed by atoms with Crippen molar-refractivity contribution in [1.29, 1.82) is 0 Å². The van der Waals surface area contributed by atoms with Crippen LogP contribution < -0.4 is 16.6 Å². The monoisotopic (exact) mass is 413 g/mol. The van der Waals surface area contributed by atoms with Crippen LogP contribution in [0, 0.1) is 0 Å². The predicted octanol–water partition coefficient (Wildman–Crippen LogP) is 2.32. The third-order valence-electron chi connectivity index (χ3n) is 4.41. The van der Waals surface area contributed by atoms with Gasteiger partial charge >= 0.3 is 0 Å². The molecule has 0 spiro atoms. The summed E-state index contributed by atoms with van der Waals surface area (Å²) in [5.74, 6) is -0.330. The molecule has 9 heteroatoms. The number of aromatic nitrogens is 2. The highest BCUT2D eigenvalue weighted by molar-refractivity contribution is 7.14. The van der Waals surface area contributed by atoms with Crippen molar-refractivity contribution in [2.45, 2.75) is 26.3 Å². The lowest BCUT2D eigenvalue weighted by atomic mass is 10.2. The number of fused-ring (bicyclic) bond motifs is 1. The lowest BCUT2D eigenvalue weighted by Gasteiger charge is -2.21. The Morgan fingerprint density at radius 3 is 2.83 bits per heavy atom. The summed E-state index contributed by atoms with van der Waals surface area (Å²) in [6.07, 6.45) is 1.87. The molecule has 152 valence electrons. The molecule has 2 amide bonds. The number of rotatable bonds is 9. The van der Waals surface area contributed by atoms with Gasteiger partial charge in [-0.15, -0.1) is 11.3 Å². The minimum absolute atomic E-state index is 0.104. The Labute approximate surface area is 171 Å². The first-order valence-electron chi connectivity index (χ1n) is 9.35. The molecular formula is C20H23N5O3S. The molecule has 8 nitrogen and oxygen atoms in total. The van der Waals surface area contributed by atoms with Crippen molar-refractivity contribution >= 4 is 39.1 Å². The Morgan fingerprint density at radius 2 is 2.07 bits per heavy atom. The molecule has 1 aromatic carbocycles. The van der Waals surface area contributed by atoms with Gasteiger partial charge in [0.1, 0.15) is 10.8 Å². The third-order valence-corrected chi connectivity index (χ3v) is 5.24. The number of carbonyl (C=O) groups is 2. The first-order valence-corrected chi connectivity index (χ1v) is 10.2. The van der Waals surface area contributed by atoms with Crippen LogP contribution in [0.3, 0.4) is 0 Å². The summed E-state index contributed by atoms with van der Waals surface area (Å²) in [6.45, 7) is 3.18. The standard InChI is InChI=1S/C20H23N5O3S/c1-2-3-9-25(12-17(26)24-20-14(18(21)27)8-10-29-20)11-16-22-15-7-5-4-6-13(15)19(28)23-16/h4-8,10H,2-3,9,11-12H2,1H3,(H2,21,27)(H,24,26)(H,22,23,28). The Balaban J connectivity index is 1.74. The number of nitrogens with two attached hydrogens (primary N) is 1. The van der Waals surface area contributed by atoms with Crippen LogP contribution in [0.2, 0.25) is 0 Å². The van der Waals surface area contributed by atoms with E-state index < -0.39 is 5.91 Å². The van der Waals surface area contributed by atoms with E-state index in [2.05, 4.69) is 22.2 Å². The summed E-state index contributed by atoms with van der Waals surface area (Å²) in [5.41, 5.74) is 6.05. The second-order valence-electron chi connectivity index (χ2n) is 6.67. The largest absolute Gasteiger partial charge is 0.366 e. The molecule has 0 fully saturated rings. The lowest BCUT2D eigenvalue weighted by Crippen LogP contribution is -2.35. The SMILES string of the molecule is CCCCN(CC(=O)Nc1sccc1C(N)=O)Cc1nc2ccccc2c(=O)[nH]1. The van der Waals surface area contributed by atoms with E-state index in [1.54, 1.807) is 29.6 Å².